The first-order valence-electron chi connectivity index (χ1n) is 9.16. The molecule has 23 heavy (non-hydrogen) atoms. The van der Waals surface area contributed by atoms with Crippen LogP contribution >= 0.6 is 0 Å². The fraction of sp³-hybridized carbons (Fsp3) is 0.778. The van der Waals surface area contributed by atoms with E-state index in [1.807, 2.05) is 15.8 Å². The molecule has 2 saturated heterocycles. The van der Waals surface area contributed by atoms with Gasteiger partial charge in [0.25, 0.3) is 5.91 Å². The van der Waals surface area contributed by atoms with Gasteiger partial charge in [-0.1, -0.05) is 20.3 Å². The van der Waals surface area contributed by atoms with Crippen LogP contribution in [0.4, 0.5) is 0 Å². The molecule has 5 heteroatoms. The van der Waals surface area contributed by atoms with Gasteiger partial charge in [-0.2, -0.15) is 5.10 Å². The Morgan fingerprint density at radius 1 is 1.13 bits per heavy atom. The molecule has 0 aliphatic carbocycles. The summed E-state index contributed by atoms with van der Waals surface area (Å²) >= 11 is 0. The number of amides is 1. The predicted molar refractivity (Wildman–Crippen MR) is 91.4 cm³/mol. The topological polar surface area (TPSA) is 41.4 Å². The second-order valence-corrected chi connectivity index (χ2v) is 7.55. The lowest BCUT2D eigenvalue weighted by Gasteiger charge is -2.34. The van der Waals surface area contributed by atoms with Gasteiger partial charge in [-0.15, -0.1) is 0 Å². The molecular weight excluding hydrogens is 288 g/mol. The van der Waals surface area contributed by atoms with Crippen LogP contribution in [-0.2, 0) is 6.54 Å². The molecule has 2 fully saturated rings. The number of nitrogens with zero attached hydrogens (tertiary/aromatic N) is 4. The first-order chi connectivity index (χ1) is 11.1. The molecule has 2 aliphatic heterocycles. The molecule has 0 aromatic carbocycles. The smallest absolute Gasteiger partial charge is 0.257 e. The van der Waals surface area contributed by atoms with Gasteiger partial charge in [0.05, 0.1) is 18.3 Å². The lowest BCUT2D eigenvalue weighted by molar-refractivity contribution is 0.0623. The summed E-state index contributed by atoms with van der Waals surface area (Å²) in [5.41, 5.74) is 0.741. The highest BCUT2D eigenvalue weighted by Gasteiger charge is 2.26. The number of carbonyl (C=O) groups is 1. The maximum atomic E-state index is 12.7. The summed E-state index contributed by atoms with van der Waals surface area (Å²) in [5.74, 6) is 1.33. The molecule has 0 unspecified atom stereocenters. The Morgan fingerprint density at radius 2 is 1.83 bits per heavy atom. The van der Waals surface area contributed by atoms with Crippen molar-refractivity contribution in [2.24, 2.45) is 11.8 Å². The second-order valence-electron chi connectivity index (χ2n) is 7.55. The van der Waals surface area contributed by atoms with Crippen molar-refractivity contribution in [3.8, 4) is 0 Å². The normalized spacial score (nSPS) is 26.4. The highest BCUT2D eigenvalue weighted by atomic mass is 16.2. The summed E-state index contributed by atoms with van der Waals surface area (Å²) in [6.45, 7) is 10.5. The van der Waals surface area contributed by atoms with Crippen molar-refractivity contribution < 1.29 is 4.79 Å². The van der Waals surface area contributed by atoms with Crippen LogP contribution in [0, 0.1) is 11.8 Å². The lowest BCUT2D eigenvalue weighted by atomic mass is 9.91. The SMILES string of the molecule is C[C@@H]1C[C@H](C)CN(C(=O)c2cnn(CCN3CCCCC3)c2)C1. The van der Waals surface area contributed by atoms with E-state index in [9.17, 15) is 4.79 Å². The van der Waals surface area contributed by atoms with Crippen LogP contribution in [0.3, 0.4) is 0 Å². The van der Waals surface area contributed by atoms with E-state index in [1.165, 1.54) is 38.8 Å². The summed E-state index contributed by atoms with van der Waals surface area (Å²) in [6, 6.07) is 0. The van der Waals surface area contributed by atoms with Gasteiger partial charge < -0.3 is 9.80 Å². The van der Waals surface area contributed by atoms with Crippen LogP contribution in [0.25, 0.3) is 0 Å². The fourth-order valence-corrected chi connectivity index (χ4v) is 4.03. The predicted octanol–water partition coefficient (Wildman–Crippen LogP) is 2.49. The van der Waals surface area contributed by atoms with E-state index in [0.717, 1.165) is 31.7 Å². The number of hydrogen-bond acceptors (Lipinski definition) is 3. The molecule has 2 atom stereocenters. The van der Waals surface area contributed by atoms with Crippen molar-refractivity contribution in [1.82, 2.24) is 19.6 Å². The van der Waals surface area contributed by atoms with Crippen LogP contribution in [0.1, 0.15) is 49.9 Å². The highest BCUT2D eigenvalue weighted by molar-refractivity contribution is 5.93. The van der Waals surface area contributed by atoms with Crippen molar-refractivity contribution >= 4 is 5.91 Å². The Morgan fingerprint density at radius 3 is 2.52 bits per heavy atom. The van der Waals surface area contributed by atoms with E-state index < -0.39 is 0 Å². The second kappa shape index (κ2) is 7.47. The average Bonchev–Trinajstić information content (AvgIpc) is 3.01. The molecule has 1 amide bonds. The average molecular weight is 318 g/mol. The molecule has 5 nitrogen and oxygen atoms in total. The zero-order valence-corrected chi connectivity index (χ0v) is 14.6. The highest BCUT2D eigenvalue weighted by Crippen LogP contribution is 2.22. The molecule has 0 radical (unpaired) electrons. The third-order valence-electron chi connectivity index (χ3n) is 5.13. The molecule has 0 spiro atoms. The van der Waals surface area contributed by atoms with E-state index in [1.54, 1.807) is 6.20 Å². The number of aromatic nitrogens is 2. The van der Waals surface area contributed by atoms with Crippen molar-refractivity contribution in [3.05, 3.63) is 18.0 Å². The standard InChI is InChI=1S/C18H30N4O/c1-15-10-16(2)13-21(12-15)18(23)17-11-19-22(14-17)9-8-20-6-4-3-5-7-20/h11,14-16H,3-10,12-13H2,1-2H3/t15-,16+. The number of likely N-dealkylation sites (tertiary alicyclic amines) is 2. The van der Waals surface area contributed by atoms with Gasteiger partial charge in [0.15, 0.2) is 0 Å². The van der Waals surface area contributed by atoms with Crippen molar-refractivity contribution in [3.63, 3.8) is 0 Å². The molecule has 128 valence electrons. The number of hydrogen-bond donors (Lipinski definition) is 0. The van der Waals surface area contributed by atoms with Crippen LogP contribution in [0.5, 0.6) is 0 Å². The number of rotatable bonds is 4. The van der Waals surface area contributed by atoms with Crippen LogP contribution in [-0.4, -0.2) is 58.2 Å². The molecule has 3 heterocycles. The summed E-state index contributed by atoms with van der Waals surface area (Å²) < 4.78 is 1.93. The molecule has 1 aromatic rings. The maximum Gasteiger partial charge on any atom is 0.257 e. The minimum absolute atomic E-state index is 0.146. The van der Waals surface area contributed by atoms with Crippen LogP contribution in [0.15, 0.2) is 12.4 Å². The van der Waals surface area contributed by atoms with E-state index in [-0.39, 0.29) is 5.91 Å². The quantitative estimate of drug-likeness (QED) is 0.856. The van der Waals surface area contributed by atoms with Crippen molar-refractivity contribution in [2.75, 3.05) is 32.7 Å². The number of carbonyl (C=O) groups excluding carboxylic acids is 1. The van der Waals surface area contributed by atoms with Gasteiger partial charge in [0.1, 0.15) is 0 Å². The van der Waals surface area contributed by atoms with Gasteiger partial charge in [0, 0.05) is 25.8 Å². The van der Waals surface area contributed by atoms with E-state index in [4.69, 9.17) is 0 Å². The van der Waals surface area contributed by atoms with E-state index in [2.05, 4.69) is 23.8 Å². The fourth-order valence-electron chi connectivity index (χ4n) is 4.03. The number of piperidine rings is 2. The zero-order valence-electron chi connectivity index (χ0n) is 14.6. The zero-order chi connectivity index (χ0) is 16.2. The molecule has 3 rings (SSSR count). The first-order valence-corrected chi connectivity index (χ1v) is 9.16. The minimum Gasteiger partial charge on any atom is -0.338 e. The summed E-state index contributed by atoms with van der Waals surface area (Å²) in [5, 5.41) is 4.40. The molecule has 1 aromatic heterocycles. The molecule has 0 saturated carbocycles. The maximum absolute atomic E-state index is 12.7. The lowest BCUT2D eigenvalue weighted by Crippen LogP contribution is -2.42. The molecular formula is C18H30N4O. The molecule has 0 bridgehead atoms. The third-order valence-corrected chi connectivity index (χ3v) is 5.13. The summed E-state index contributed by atoms with van der Waals surface area (Å²) in [6.07, 6.45) is 8.88. The van der Waals surface area contributed by atoms with Gasteiger partial charge in [0.2, 0.25) is 0 Å². The van der Waals surface area contributed by atoms with Gasteiger partial charge in [-0.3, -0.25) is 9.48 Å². The van der Waals surface area contributed by atoms with E-state index in [0.29, 0.717) is 11.8 Å². The Bertz CT molecular complexity index is 511. The van der Waals surface area contributed by atoms with Crippen molar-refractivity contribution in [1.29, 1.82) is 0 Å². The van der Waals surface area contributed by atoms with Gasteiger partial charge in [-0.25, -0.2) is 0 Å². The van der Waals surface area contributed by atoms with E-state index >= 15 is 0 Å². The Hall–Kier alpha value is -1.36. The third kappa shape index (κ3) is 4.34. The summed E-state index contributed by atoms with van der Waals surface area (Å²) in [7, 11) is 0. The largest absolute Gasteiger partial charge is 0.338 e. The van der Waals surface area contributed by atoms with Crippen LogP contribution in [0.2, 0.25) is 0 Å². The first kappa shape index (κ1) is 16.5. The molecule has 2 aliphatic rings. The van der Waals surface area contributed by atoms with Crippen molar-refractivity contribution in [2.45, 2.75) is 46.1 Å². The Labute approximate surface area is 139 Å². The Kier molecular flexibility index (Phi) is 5.36. The Balaban J connectivity index is 1.54. The minimum atomic E-state index is 0.146. The summed E-state index contributed by atoms with van der Waals surface area (Å²) in [4.78, 5) is 17.2. The van der Waals surface area contributed by atoms with Gasteiger partial charge >= 0.3 is 0 Å². The van der Waals surface area contributed by atoms with Crippen LogP contribution < -0.4 is 0 Å². The van der Waals surface area contributed by atoms with Gasteiger partial charge in [-0.05, 0) is 44.2 Å². The molecule has 0 N–H and O–H groups in total. The monoisotopic (exact) mass is 318 g/mol.